The Morgan fingerprint density at radius 3 is 0.720 bits per heavy atom. The maximum absolute atomic E-state index is 14.9. The zero-order valence-corrected chi connectivity index (χ0v) is 49.8. The predicted octanol–water partition coefficient (Wildman–Crippen LogP) is 23.7. The second-order valence-corrected chi connectivity index (χ2v) is 21.6. The van der Waals surface area contributed by atoms with E-state index in [1.165, 1.54) is 47.5 Å². The molecule has 0 amide bonds. The fourth-order valence-electron chi connectivity index (χ4n) is 10.3. The van der Waals surface area contributed by atoms with Crippen LogP contribution in [0.2, 0.25) is 0 Å². The fourth-order valence-corrected chi connectivity index (χ4v) is 10.3. The Balaban J connectivity index is 0.000000168. The van der Waals surface area contributed by atoms with Crippen molar-refractivity contribution in [2.45, 2.75) is 65.4 Å². The van der Waals surface area contributed by atoms with E-state index in [2.05, 4.69) is 42.8 Å². The van der Waals surface area contributed by atoms with Crippen molar-refractivity contribution in [3.8, 4) is 83.6 Å². The normalized spacial score (nSPS) is 11.2. The molecule has 17 heteroatoms. The molecule has 0 saturated heterocycles. The number of aryl methyl sites for hydroxylation is 3. The highest BCUT2D eigenvalue weighted by atomic mass is 19.3. The van der Waals surface area contributed by atoms with Gasteiger partial charge >= 0.3 is 6.11 Å². The van der Waals surface area contributed by atoms with E-state index in [4.69, 9.17) is 0 Å². The number of alkyl halides is 2. The summed E-state index contributed by atoms with van der Waals surface area (Å²) in [7, 11) is 0. The second kappa shape index (κ2) is 29.6. The third-order valence-electron chi connectivity index (χ3n) is 15.0. The number of hydrogen-bond acceptors (Lipinski definition) is 1. The van der Waals surface area contributed by atoms with Gasteiger partial charge in [0.1, 0.15) is 40.4 Å². The second-order valence-electron chi connectivity index (χ2n) is 21.6. The molecule has 0 unspecified atom stereocenters. The molecule has 0 N–H and O–H groups in total. The summed E-state index contributed by atoms with van der Waals surface area (Å²) in [6, 6.07) is 48.6. The first kappa shape index (κ1) is 67.5. The van der Waals surface area contributed by atoms with Gasteiger partial charge in [0.25, 0.3) is 0 Å². The molecule has 0 fully saturated rings. The lowest BCUT2D eigenvalue weighted by Crippen LogP contribution is -2.25. The highest BCUT2D eigenvalue weighted by molar-refractivity contribution is 5.76. The Kier molecular flexibility index (Phi) is 21.5. The summed E-state index contributed by atoms with van der Waals surface area (Å²) < 4.78 is 226. The monoisotopic (exact) mass is 1290 g/mol. The van der Waals surface area contributed by atoms with Gasteiger partial charge in [-0.15, -0.1) is 0 Å². The Labute approximate surface area is 525 Å². The molecule has 93 heavy (non-hydrogen) atoms. The first-order valence-corrected chi connectivity index (χ1v) is 29.2. The molecule has 1 nitrogen and oxygen atoms in total. The molecule has 0 aromatic heterocycles. The maximum Gasteiger partial charge on any atom is 0.432 e. The third kappa shape index (κ3) is 16.1. The molecule has 0 saturated carbocycles. The average molecular weight is 1290 g/mol. The largest absolute Gasteiger partial charge is 0.432 e. The van der Waals surface area contributed by atoms with E-state index in [-0.39, 0.29) is 45.5 Å². The minimum atomic E-state index is -4.74. The average Bonchev–Trinajstić information content (AvgIpc) is 0.823. The van der Waals surface area contributed by atoms with Crippen LogP contribution >= 0.6 is 0 Å². The summed E-state index contributed by atoms with van der Waals surface area (Å²) in [5.41, 5.74) is 7.40. The molecule has 476 valence electrons. The van der Waals surface area contributed by atoms with Gasteiger partial charge in [-0.25, -0.2) is 61.5 Å². The van der Waals surface area contributed by atoms with Gasteiger partial charge in [-0.3, -0.25) is 0 Å². The molecule has 0 aliphatic heterocycles. The van der Waals surface area contributed by atoms with Crippen LogP contribution in [0.25, 0.3) is 77.9 Å². The minimum Gasteiger partial charge on any atom is -0.429 e. The first-order chi connectivity index (χ1) is 44.4. The van der Waals surface area contributed by atoms with Gasteiger partial charge in [0.2, 0.25) is 0 Å². The van der Waals surface area contributed by atoms with Crippen LogP contribution in [0.4, 0.5) is 70.2 Å². The SMILES string of the molecule is CCCc1ccc(-c2ccc(-c3cc(F)c(C(F)(F)Oc4cc(F)c(F)c(F)c4)c(F)c3)c(F)c2)cc1.CCCc1ccc(-c2ccc(-c3cc(F)c(F)c(F)c3)c(F)c2)cc1.CCCc1ccc(-c2ccc(-c3ccc(-c4cc(F)c(F)c(F)c4)c(F)c3)cc2)cc1. The fraction of sp³-hybridized carbons (Fsp3) is 0.132. The maximum atomic E-state index is 14.9. The van der Waals surface area contributed by atoms with Crippen molar-refractivity contribution in [1.29, 1.82) is 0 Å². The van der Waals surface area contributed by atoms with Crippen LogP contribution in [0.5, 0.6) is 5.75 Å². The minimum absolute atomic E-state index is 0.00494. The molecule has 0 spiro atoms. The Morgan fingerprint density at radius 1 is 0.247 bits per heavy atom. The van der Waals surface area contributed by atoms with Crippen molar-refractivity contribution in [3.63, 3.8) is 0 Å². The van der Waals surface area contributed by atoms with Crippen molar-refractivity contribution in [1.82, 2.24) is 0 Å². The molecule has 11 rings (SSSR count). The zero-order chi connectivity index (χ0) is 66.8. The van der Waals surface area contributed by atoms with E-state index in [0.717, 1.165) is 96.7 Å². The first-order valence-electron chi connectivity index (χ1n) is 29.2. The van der Waals surface area contributed by atoms with Gasteiger partial charge in [0.05, 0.1) is 0 Å². The summed E-state index contributed by atoms with van der Waals surface area (Å²) in [5.74, 6) is -21.0. The van der Waals surface area contributed by atoms with Gasteiger partial charge in [-0.2, -0.15) is 8.78 Å². The summed E-state index contributed by atoms with van der Waals surface area (Å²) in [6.45, 7) is 6.30. The topological polar surface area (TPSA) is 9.23 Å². The van der Waals surface area contributed by atoms with Gasteiger partial charge < -0.3 is 4.74 Å². The number of ether oxygens (including phenoxy) is 1. The molecule has 11 aromatic carbocycles. The number of halogens is 16. The lowest BCUT2D eigenvalue weighted by Gasteiger charge is -2.20. The van der Waals surface area contributed by atoms with Crippen LogP contribution in [0.15, 0.2) is 200 Å². The van der Waals surface area contributed by atoms with Crippen molar-refractivity contribution < 1.29 is 75.0 Å². The number of rotatable bonds is 16. The Morgan fingerprint density at radius 2 is 0.462 bits per heavy atom. The molecule has 0 radical (unpaired) electrons. The van der Waals surface area contributed by atoms with Crippen molar-refractivity contribution >= 4 is 0 Å². The van der Waals surface area contributed by atoms with Crippen LogP contribution in [-0.4, -0.2) is 0 Å². The van der Waals surface area contributed by atoms with E-state index >= 15 is 0 Å². The van der Waals surface area contributed by atoms with E-state index in [0.29, 0.717) is 34.4 Å². The highest BCUT2D eigenvalue weighted by Crippen LogP contribution is 2.40. The third-order valence-corrected chi connectivity index (χ3v) is 15.0. The molecule has 0 aliphatic carbocycles. The quantitative estimate of drug-likeness (QED) is 0.0692. The van der Waals surface area contributed by atoms with Crippen molar-refractivity contribution in [3.05, 3.63) is 304 Å². The van der Waals surface area contributed by atoms with E-state index in [1.807, 2.05) is 79.7 Å². The van der Waals surface area contributed by atoms with E-state index < -0.39 is 98.9 Å². The van der Waals surface area contributed by atoms with E-state index in [1.54, 1.807) is 12.1 Å². The van der Waals surface area contributed by atoms with Gasteiger partial charge in [-0.1, -0.05) is 173 Å². The summed E-state index contributed by atoms with van der Waals surface area (Å²) in [4.78, 5) is 0. The van der Waals surface area contributed by atoms with Gasteiger partial charge in [0, 0.05) is 28.8 Å². The molecular weight excluding hydrogens is 1230 g/mol. The standard InChI is InChI=1S/C28H18F8O.C27H20F4.C21H16F4/c1-2-3-15-4-6-16(7-5-15)17-8-9-20(21(29)10-17)18-11-22(30)26(23(31)12-18)28(35,36)37-19-13-24(32)27(34)25(33)14-19;1-2-3-17-4-6-18(7-5-17)19-8-10-20(11-9-19)21-12-13-23(24(28)14-21)22-15-25(29)27(31)26(30)16-22;1-2-3-13-4-6-14(7-5-13)15-8-9-17(18(22)10-15)16-11-19(23)21(25)20(24)12-16/h4-14H,2-3H2,1H3;4-16H,2-3H2,1H3;4-12H,2-3H2,1H3. The molecular formula is C76H54F16O. The van der Waals surface area contributed by atoms with Crippen LogP contribution in [0.1, 0.15) is 62.3 Å². The van der Waals surface area contributed by atoms with Crippen molar-refractivity contribution in [2.75, 3.05) is 0 Å². The molecule has 0 bridgehead atoms. The summed E-state index contributed by atoms with van der Waals surface area (Å²) in [5, 5.41) is 0. The zero-order valence-electron chi connectivity index (χ0n) is 49.8. The Bertz CT molecular complexity index is 4360. The molecule has 0 atom stereocenters. The molecule has 0 heterocycles. The summed E-state index contributed by atoms with van der Waals surface area (Å²) in [6.07, 6.45) is 1.31. The molecule has 11 aromatic rings. The summed E-state index contributed by atoms with van der Waals surface area (Å²) >= 11 is 0. The predicted molar refractivity (Wildman–Crippen MR) is 330 cm³/mol. The molecule has 0 aliphatic rings. The van der Waals surface area contributed by atoms with Crippen LogP contribution in [0, 0.1) is 81.4 Å². The smallest absolute Gasteiger partial charge is 0.429 e. The highest BCUT2D eigenvalue weighted by Gasteiger charge is 2.42. The Hall–Kier alpha value is -9.90. The number of hydrogen-bond donors (Lipinski definition) is 0. The van der Waals surface area contributed by atoms with Gasteiger partial charge in [0.15, 0.2) is 52.4 Å². The van der Waals surface area contributed by atoms with Crippen LogP contribution in [-0.2, 0) is 25.4 Å². The number of benzene rings is 11. The van der Waals surface area contributed by atoms with Crippen molar-refractivity contribution in [2.24, 2.45) is 0 Å². The lowest BCUT2D eigenvalue weighted by molar-refractivity contribution is -0.189. The van der Waals surface area contributed by atoms with Gasteiger partial charge in [-0.05, 0) is 152 Å². The van der Waals surface area contributed by atoms with E-state index in [9.17, 15) is 70.2 Å². The lowest BCUT2D eigenvalue weighted by atomic mass is 9.97. The van der Waals surface area contributed by atoms with Crippen LogP contribution < -0.4 is 4.74 Å². The van der Waals surface area contributed by atoms with Crippen LogP contribution in [0.3, 0.4) is 0 Å².